The molecule has 23 heavy (non-hydrogen) atoms. The summed E-state index contributed by atoms with van der Waals surface area (Å²) in [6.45, 7) is 4.42. The van der Waals surface area contributed by atoms with Gasteiger partial charge in [-0.2, -0.15) is 0 Å². The summed E-state index contributed by atoms with van der Waals surface area (Å²) in [7, 11) is 1.63. The summed E-state index contributed by atoms with van der Waals surface area (Å²) in [6.07, 6.45) is 1.92. The normalized spacial score (nSPS) is 34.1. The average molecular weight is 510 g/mol. The maximum absolute atomic E-state index is 13.1. The highest BCUT2D eigenvalue weighted by Gasteiger charge is 2.83. The molecule has 0 aromatic heterocycles. The summed E-state index contributed by atoms with van der Waals surface area (Å²) in [4.78, 5) is 13.3. The van der Waals surface area contributed by atoms with Crippen molar-refractivity contribution in [3.05, 3.63) is 24.3 Å². The number of anilines is 1. The Kier molecular flexibility index (Phi) is 4.42. The molecule has 3 saturated carbocycles. The molecule has 0 spiro atoms. The van der Waals surface area contributed by atoms with E-state index in [2.05, 4.69) is 67.0 Å². The standard InChI is InChI=1S/C17H20Br3NO2/c1-15(2)16(13(19)20)8-9-17(15,12(16)18)14(22)21-10-4-6-11(23-3)7-5-10/h4-7,12-13H,8-9H2,1-3H3,(H,21,22). The summed E-state index contributed by atoms with van der Waals surface area (Å²) < 4.78 is 5.35. The van der Waals surface area contributed by atoms with Crippen molar-refractivity contribution < 1.29 is 9.53 Å². The highest BCUT2D eigenvalue weighted by atomic mass is 79.9. The average Bonchev–Trinajstić information content (AvgIpc) is 2.98. The Hall–Kier alpha value is -0.0700. The van der Waals surface area contributed by atoms with Crippen molar-refractivity contribution in [3.8, 4) is 5.75 Å². The van der Waals surface area contributed by atoms with Gasteiger partial charge in [0.2, 0.25) is 5.91 Å². The summed E-state index contributed by atoms with van der Waals surface area (Å²) in [6, 6.07) is 7.47. The molecule has 1 aromatic rings. The summed E-state index contributed by atoms with van der Waals surface area (Å²) in [5.41, 5.74) is 0.374. The van der Waals surface area contributed by atoms with Gasteiger partial charge >= 0.3 is 0 Å². The summed E-state index contributed by atoms with van der Waals surface area (Å²) >= 11 is 11.3. The fourth-order valence-electron chi connectivity index (χ4n) is 4.62. The first-order valence-corrected chi connectivity index (χ1v) is 10.4. The third kappa shape index (κ3) is 2.07. The van der Waals surface area contributed by atoms with Gasteiger partial charge in [0.15, 0.2) is 0 Å². The van der Waals surface area contributed by atoms with Crippen molar-refractivity contribution in [1.29, 1.82) is 0 Å². The van der Waals surface area contributed by atoms with Crippen LogP contribution in [0.2, 0.25) is 0 Å². The largest absolute Gasteiger partial charge is 0.497 e. The van der Waals surface area contributed by atoms with Gasteiger partial charge in [0.25, 0.3) is 0 Å². The van der Waals surface area contributed by atoms with Crippen molar-refractivity contribution in [2.24, 2.45) is 16.2 Å². The molecule has 1 amide bonds. The van der Waals surface area contributed by atoms with E-state index in [1.165, 1.54) is 0 Å². The lowest BCUT2D eigenvalue weighted by Gasteiger charge is -2.66. The van der Waals surface area contributed by atoms with Gasteiger partial charge in [-0.1, -0.05) is 61.6 Å². The van der Waals surface area contributed by atoms with Crippen molar-refractivity contribution in [1.82, 2.24) is 0 Å². The number of amides is 1. The molecular weight excluding hydrogens is 490 g/mol. The van der Waals surface area contributed by atoms with Gasteiger partial charge in [0.05, 0.1) is 16.3 Å². The van der Waals surface area contributed by atoms with E-state index in [4.69, 9.17) is 4.74 Å². The van der Waals surface area contributed by atoms with E-state index < -0.39 is 0 Å². The summed E-state index contributed by atoms with van der Waals surface area (Å²) in [5, 5.41) is 3.10. The zero-order valence-electron chi connectivity index (χ0n) is 13.3. The molecule has 2 bridgehead atoms. The van der Waals surface area contributed by atoms with E-state index in [1.807, 2.05) is 24.3 Å². The number of nitrogens with one attached hydrogen (secondary N) is 1. The smallest absolute Gasteiger partial charge is 0.232 e. The Labute approximate surface area is 162 Å². The molecule has 3 unspecified atom stereocenters. The molecular formula is C17H20Br3NO2. The molecule has 3 aliphatic carbocycles. The third-order valence-corrected chi connectivity index (χ3v) is 9.47. The van der Waals surface area contributed by atoms with Crippen LogP contribution in [0.1, 0.15) is 26.7 Å². The minimum absolute atomic E-state index is 0.0459. The molecule has 1 N–H and O–H groups in total. The number of methoxy groups -OCH3 is 1. The van der Waals surface area contributed by atoms with E-state index >= 15 is 0 Å². The second-order valence-corrected chi connectivity index (χ2v) is 11.0. The van der Waals surface area contributed by atoms with Crippen LogP contribution < -0.4 is 10.1 Å². The fourth-order valence-corrected chi connectivity index (χ4v) is 9.53. The maximum atomic E-state index is 13.1. The van der Waals surface area contributed by atoms with Crippen LogP contribution in [0.15, 0.2) is 24.3 Å². The van der Waals surface area contributed by atoms with Crippen LogP contribution in [0.4, 0.5) is 5.69 Å². The number of benzene rings is 1. The lowest BCUT2D eigenvalue weighted by Crippen LogP contribution is -2.71. The highest BCUT2D eigenvalue weighted by molar-refractivity contribution is 9.24. The lowest BCUT2D eigenvalue weighted by atomic mass is 9.43. The van der Waals surface area contributed by atoms with Crippen LogP contribution in [-0.4, -0.2) is 21.6 Å². The second-order valence-electron chi connectivity index (χ2n) is 6.98. The van der Waals surface area contributed by atoms with Crippen LogP contribution in [0.25, 0.3) is 0 Å². The summed E-state index contributed by atoms with van der Waals surface area (Å²) in [5.74, 6) is 0.883. The number of carbonyl (C=O) groups excluding carboxylic acids is 1. The Balaban J connectivity index is 1.85. The zero-order valence-corrected chi connectivity index (χ0v) is 18.1. The Morgan fingerprint density at radius 1 is 1.26 bits per heavy atom. The second kappa shape index (κ2) is 5.73. The van der Waals surface area contributed by atoms with Gasteiger partial charge in [0, 0.05) is 15.9 Å². The molecule has 3 aliphatic rings. The van der Waals surface area contributed by atoms with Gasteiger partial charge < -0.3 is 10.1 Å². The monoisotopic (exact) mass is 507 g/mol. The molecule has 3 fully saturated rings. The highest BCUT2D eigenvalue weighted by Crippen LogP contribution is 2.82. The van der Waals surface area contributed by atoms with Crippen molar-refractivity contribution >= 4 is 59.4 Å². The maximum Gasteiger partial charge on any atom is 0.232 e. The number of rotatable bonds is 4. The van der Waals surface area contributed by atoms with Crippen LogP contribution >= 0.6 is 47.8 Å². The zero-order chi connectivity index (χ0) is 17.0. The number of alkyl halides is 3. The fraction of sp³-hybridized carbons (Fsp3) is 0.588. The Morgan fingerprint density at radius 3 is 2.30 bits per heavy atom. The molecule has 0 radical (unpaired) electrons. The van der Waals surface area contributed by atoms with Crippen LogP contribution in [-0.2, 0) is 4.79 Å². The molecule has 1 aromatic carbocycles. The predicted molar refractivity (Wildman–Crippen MR) is 104 cm³/mol. The predicted octanol–water partition coefficient (Wildman–Crippen LogP) is 5.32. The van der Waals surface area contributed by atoms with Gasteiger partial charge in [0.1, 0.15) is 5.75 Å². The van der Waals surface area contributed by atoms with Gasteiger partial charge in [-0.15, -0.1) is 0 Å². The van der Waals surface area contributed by atoms with Crippen molar-refractivity contribution in [2.75, 3.05) is 12.4 Å². The van der Waals surface area contributed by atoms with Gasteiger partial charge in [-0.3, -0.25) is 4.79 Å². The molecule has 3 atom stereocenters. The number of carbonyl (C=O) groups is 1. The molecule has 4 rings (SSSR count). The number of halogens is 3. The van der Waals surface area contributed by atoms with E-state index in [0.717, 1.165) is 24.3 Å². The third-order valence-electron chi connectivity index (χ3n) is 6.24. The van der Waals surface area contributed by atoms with E-state index in [1.54, 1.807) is 7.11 Å². The van der Waals surface area contributed by atoms with Crippen molar-refractivity contribution in [2.45, 2.75) is 35.3 Å². The Morgan fingerprint density at radius 2 is 1.87 bits per heavy atom. The first-order valence-electron chi connectivity index (χ1n) is 7.62. The number of hydrogen-bond donors (Lipinski definition) is 1. The SMILES string of the molecule is COc1ccc(NC(=O)C23CCC(C(Br)Br)(C2Br)C3(C)C)cc1. The number of fused-ring (bicyclic) bond motifs is 1. The van der Waals surface area contributed by atoms with E-state index in [0.29, 0.717) is 0 Å². The van der Waals surface area contributed by atoms with Crippen LogP contribution in [0.5, 0.6) is 5.75 Å². The van der Waals surface area contributed by atoms with Crippen molar-refractivity contribution in [3.63, 3.8) is 0 Å². The van der Waals surface area contributed by atoms with E-state index in [9.17, 15) is 4.79 Å². The Bertz CT molecular complexity index is 631. The molecule has 3 nitrogen and oxygen atoms in total. The van der Waals surface area contributed by atoms with Gasteiger partial charge in [-0.05, 0) is 42.5 Å². The lowest BCUT2D eigenvalue weighted by molar-refractivity contribution is -0.155. The van der Waals surface area contributed by atoms with E-state index in [-0.39, 0.29) is 30.7 Å². The molecule has 126 valence electrons. The number of ether oxygens (including phenoxy) is 1. The first kappa shape index (κ1) is 17.7. The topological polar surface area (TPSA) is 38.3 Å². The number of hydrogen-bond acceptors (Lipinski definition) is 2. The van der Waals surface area contributed by atoms with Crippen LogP contribution in [0.3, 0.4) is 0 Å². The molecule has 0 saturated heterocycles. The quantitative estimate of drug-likeness (QED) is 0.558. The minimum atomic E-state index is -0.382. The molecule has 0 aliphatic heterocycles. The molecule has 6 heteroatoms. The first-order chi connectivity index (χ1) is 10.7. The van der Waals surface area contributed by atoms with Crippen LogP contribution in [0, 0.1) is 16.2 Å². The van der Waals surface area contributed by atoms with Gasteiger partial charge in [-0.25, -0.2) is 0 Å². The minimum Gasteiger partial charge on any atom is -0.497 e. The molecule has 0 heterocycles.